The fourth-order valence-electron chi connectivity index (χ4n) is 4.78. The quantitative estimate of drug-likeness (QED) is 0.721. The highest BCUT2D eigenvalue weighted by molar-refractivity contribution is 6.30. The topological polar surface area (TPSA) is 39.3 Å². The van der Waals surface area contributed by atoms with E-state index in [-0.39, 0.29) is 5.56 Å². The van der Waals surface area contributed by atoms with E-state index < -0.39 is 0 Å². The normalized spacial score (nSPS) is 21.7. The van der Waals surface area contributed by atoms with Crippen LogP contribution < -0.4 is 10.5 Å². The van der Waals surface area contributed by atoms with Crippen LogP contribution in [0.15, 0.2) is 53.3 Å². The number of rotatable bonds is 4. The van der Waals surface area contributed by atoms with Crippen LogP contribution in [0.1, 0.15) is 24.5 Å². The van der Waals surface area contributed by atoms with E-state index in [0.29, 0.717) is 12.1 Å². The number of aromatic nitrogens is 1. The second-order valence-corrected chi connectivity index (χ2v) is 8.44. The minimum Gasteiger partial charge on any atom is -0.366 e. The summed E-state index contributed by atoms with van der Waals surface area (Å²) in [7, 11) is 0. The Labute approximate surface area is 169 Å². The Hall–Kier alpha value is -2.30. The number of nitrogens with one attached hydrogen (secondary N) is 1. The average molecular weight is 394 g/mol. The largest absolute Gasteiger partial charge is 0.366 e. The molecule has 2 saturated heterocycles. The molecule has 2 unspecified atom stereocenters. The number of halogens is 1. The summed E-state index contributed by atoms with van der Waals surface area (Å²) in [5.74, 6) is 0. The van der Waals surface area contributed by atoms with Crippen LogP contribution in [-0.2, 0) is 13.0 Å². The van der Waals surface area contributed by atoms with Crippen molar-refractivity contribution in [3.63, 3.8) is 0 Å². The van der Waals surface area contributed by atoms with Gasteiger partial charge in [0.15, 0.2) is 0 Å². The lowest BCUT2D eigenvalue weighted by Crippen LogP contribution is -2.46. The number of piperazine rings is 1. The minimum atomic E-state index is 0.0333. The molecule has 0 radical (unpaired) electrons. The highest BCUT2D eigenvalue weighted by Gasteiger charge is 2.42. The van der Waals surface area contributed by atoms with E-state index in [2.05, 4.69) is 45.1 Å². The highest BCUT2D eigenvalue weighted by atomic mass is 35.5. The molecular formula is C23H24ClN3O. The highest BCUT2D eigenvalue weighted by Crippen LogP contribution is 2.35. The van der Waals surface area contributed by atoms with Crippen LogP contribution in [-0.4, -0.2) is 35.1 Å². The lowest BCUT2D eigenvalue weighted by molar-refractivity contribution is 0.230. The maximum Gasteiger partial charge on any atom is 0.251 e. The van der Waals surface area contributed by atoms with Crippen LogP contribution in [0.2, 0.25) is 5.02 Å². The molecule has 5 heteroatoms. The number of nitrogens with zero attached hydrogens (tertiary/aromatic N) is 2. The van der Waals surface area contributed by atoms with E-state index in [1.165, 1.54) is 17.7 Å². The molecular weight excluding hydrogens is 370 g/mol. The molecule has 2 fully saturated rings. The van der Waals surface area contributed by atoms with Crippen molar-refractivity contribution in [3.05, 3.63) is 75.0 Å². The van der Waals surface area contributed by atoms with Gasteiger partial charge in [0.2, 0.25) is 0 Å². The van der Waals surface area contributed by atoms with Crippen molar-refractivity contribution in [2.75, 3.05) is 18.0 Å². The Morgan fingerprint density at radius 3 is 2.61 bits per heavy atom. The van der Waals surface area contributed by atoms with Gasteiger partial charge in [-0.05, 0) is 60.2 Å². The van der Waals surface area contributed by atoms with E-state index in [4.69, 9.17) is 11.6 Å². The molecule has 2 aromatic carbocycles. The number of fused-ring (bicyclic) bond motifs is 3. The number of anilines is 1. The summed E-state index contributed by atoms with van der Waals surface area (Å²) in [6.07, 6.45) is 1.97. The fraction of sp³-hybridized carbons (Fsp3) is 0.348. The van der Waals surface area contributed by atoms with Gasteiger partial charge in [0.05, 0.1) is 0 Å². The van der Waals surface area contributed by atoms with Crippen LogP contribution in [0, 0.1) is 0 Å². The van der Waals surface area contributed by atoms with Crippen LogP contribution in [0.4, 0.5) is 5.69 Å². The maximum absolute atomic E-state index is 12.1. The van der Waals surface area contributed by atoms with Crippen molar-refractivity contribution in [3.8, 4) is 0 Å². The third kappa shape index (κ3) is 3.11. The predicted octanol–water partition coefficient (Wildman–Crippen LogP) is 4.21. The first kappa shape index (κ1) is 17.8. The molecule has 0 aliphatic carbocycles. The van der Waals surface area contributed by atoms with E-state index in [9.17, 15) is 4.79 Å². The number of H-pyrrole nitrogens is 1. The van der Waals surface area contributed by atoms with Crippen molar-refractivity contribution in [1.29, 1.82) is 0 Å². The smallest absolute Gasteiger partial charge is 0.251 e. The Morgan fingerprint density at radius 2 is 1.89 bits per heavy atom. The van der Waals surface area contributed by atoms with Gasteiger partial charge in [0, 0.05) is 53.5 Å². The summed E-state index contributed by atoms with van der Waals surface area (Å²) in [6, 6.07) is 17.8. The molecule has 5 rings (SSSR count). The number of aromatic amines is 1. The van der Waals surface area contributed by atoms with E-state index in [0.717, 1.165) is 47.5 Å². The van der Waals surface area contributed by atoms with Crippen LogP contribution in [0.25, 0.3) is 10.9 Å². The second kappa shape index (κ2) is 6.94. The summed E-state index contributed by atoms with van der Waals surface area (Å²) in [5, 5.41) is 1.90. The zero-order valence-corrected chi connectivity index (χ0v) is 16.7. The van der Waals surface area contributed by atoms with Gasteiger partial charge >= 0.3 is 0 Å². The standard InChI is InChI=1S/C23H24ClN3O/c1-2-16-10-17-4-3-15(9-22(17)25-23(16)28)12-26-13-21-11-20(26)14-27(21)19-7-5-18(24)6-8-19/h3-10,20-21H,2,11-14H2,1H3,(H,25,28). The van der Waals surface area contributed by atoms with Crippen LogP contribution in [0.5, 0.6) is 0 Å². The molecule has 2 aliphatic rings. The molecule has 3 aromatic rings. The summed E-state index contributed by atoms with van der Waals surface area (Å²) < 4.78 is 0. The van der Waals surface area contributed by atoms with Crippen molar-refractivity contribution in [1.82, 2.24) is 9.88 Å². The molecule has 28 heavy (non-hydrogen) atoms. The summed E-state index contributed by atoms with van der Waals surface area (Å²) >= 11 is 6.03. The number of hydrogen-bond donors (Lipinski definition) is 1. The Bertz CT molecular complexity index is 1080. The van der Waals surface area contributed by atoms with Gasteiger partial charge < -0.3 is 9.88 Å². The van der Waals surface area contributed by atoms with Crippen molar-refractivity contribution < 1.29 is 0 Å². The van der Waals surface area contributed by atoms with Crippen molar-refractivity contribution >= 4 is 28.2 Å². The Kier molecular flexibility index (Phi) is 4.41. The lowest BCUT2D eigenvalue weighted by atomic mass is 10.1. The second-order valence-electron chi connectivity index (χ2n) is 8.00. The van der Waals surface area contributed by atoms with Crippen LogP contribution >= 0.6 is 11.6 Å². The van der Waals surface area contributed by atoms with Crippen molar-refractivity contribution in [2.45, 2.75) is 38.4 Å². The van der Waals surface area contributed by atoms with Gasteiger partial charge in [-0.3, -0.25) is 9.69 Å². The van der Waals surface area contributed by atoms with Crippen molar-refractivity contribution in [2.24, 2.45) is 0 Å². The number of aryl methyl sites for hydroxylation is 1. The molecule has 0 spiro atoms. The summed E-state index contributed by atoms with van der Waals surface area (Å²) in [5.41, 5.74) is 4.35. The molecule has 0 amide bonds. The lowest BCUT2D eigenvalue weighted by Gasteiger charge is -2.35. The Morgan fingerprint density at radius 1 is 1.07 bits per heavy atom. The minimum absolute atomic E-state index is 0.0333. The third-order valence-corrected chi connectivity index (χ3v) is 6.52. The molecule has 1 N–H and O–H groups in total. The molecule has 4 nitrogen and oxygen atoms in total. The number of likely N-dealkylation sites (tertiary alicyclic amines) is 1. The molecule has 144 valence electrons. The fourth-order valence-corrected chi connectivity index (χ4v) is 4.91. The third-order valence-electron chi connectivity index (χ3n) is 6.27. The first-order valence-corrected chi connectivity index (χ1v) is 10.4. The number of pyridine rings is 1. The molecule has 2 bridgehead atoms. The van der Waals surface area contributed by atoms with Crippen LogP contribution in [0.3, 0.4) is 0 Å². The molecule has 2 aliphatic heterocycles. The maximum atomic E-state index is 12.1. The van der Waals surface area contributed by atoms with E-state index >= 15 is 0 Å². The molecule has 3 heterocycles. The van der Waals surface area contributed by atoms with Gasteiger partial charge in [-0.1, -0.05) is 30.7 Å². The van der Waals surface area contributed by atoms with E-state index in [1.54, 1.807) is 0 Å². The molecule has 0 saturated carbocycles. The number of hydrogen-bond acceptors (Lipinski definition) is 3. The predicted molar refractivity (Wildman–Crippen MR) is 115 cm³/mol. The first-order valence-electron chi connectivity index (χ1n) is 10.0. The Balaban J connectivity index is 1.32. The first-order chi connectivity index (χ1) is 13.6. The monoisotopic (exact) mass is 393 g/mol. The van der Waals surface area contributed by atoms with Gasteiger partial charge in [0.25, 0.3) is 5.56 Å². The molecule has 2 atom stereocenters. The number of benzene rings is 2. The van der Waals surface area contributed by atoms with Gasteiger partial charge in [0.1, 0.15) is 0 Å². The molecule has 1 aromatic heterocycles. The summed E-state index contributed by atoms with van der Waals surface area (Å²) in [6.45, 7) is 5.09. The zero-order chi connectivity index (χ0) is 19.3. The average Bonchev–Trinajstić information content (AvgIpc) is 3.28. The van der Waals surface area contributed by atoms with Gasteiger partial charge in [-0.25, -0.2) is 0 Å². The van der Waals surface area contributed by atoms with Gasteiger partial charge in [-0.15, -0.1) is 0 Å². The zero-order valence-electron chi connectivity index (χ0n) is 16.0. The summed E-state index contributed by atoms with van der Waals surface area (Å²) in [4.78, 5) is 20.3. The SMILES string of the molecule is CCc1cc2ccc(CN3CC4CC3CN4c3ccc(Cl)cc3)cc2[nH]c1=O. The van der Waals surface area contributed by atoms with Gasteiger partial charge in [-0.2, -0.15) is 0 Å². The van der Waals surface area contributed by atoms with E-state index in [1.807, 2.05) is 25.1 Å².